The van der Waals surface area contributed by atoms with E-state index in [2.05, 4.69) is 0 Å². The molecule has 0 heterocycles. The van der Waals surface area contributed by atoms with Crippen LogP contribution in [0.25, 0.3) is 0 Å². The Morgan fingerprint density at radius 3 is 2.40 bits per heavy atom. The molecule has 0 unspecified atom stereocenters. The second-order valence-electron chi connectivity index (χ2n) is 0.589. The van der Waals surface area contributed by atoms with Crippen LogP contribution in [0.5, 0.6) is 0 Å². The van der Waals surface area contributed by atoms with E-state index >= 15 is 0 Å². The minimum atomic E-state index is 0.163. The van der Waals surface area contributed by atoms with Crippen LogP contribution in [0, 0.1) is 0 Å². The molecule has 0 amide bonds. The summed E-state index contributed by atoms with van der Waals surface area (Å²) in [5.74, 6) is 0. The minimum Gasteiger partial charge on any atom is -0.516 e. The fourth-order valence-corrected chi connectivity index (χ4v) is 0.0527. The van der Waals surface area contributed by atoms with Crippen LogP contribution in [0.4, 0.5) is 0 Å². The first-order valence-corrected chi connectivity index (χ1v) is 1.35. The Bertz CT molecular complexity index is 33.9. The van der Waals surface area contributed by atoms with Gasteiger partial charge in [-0.05, 0) is 6.08 Å². The van der Waals surface area contributed by atoms with Crippen LogP contribution in [-0.2, 0) is 0 Å². The van der Waals surface area contributed by atoms with Gasteiger partial charge in [-0.3, -0.25) is 5.73 Å². The van der Waals surface area contributed by atoms with Crippen molar-refractivity contribution in [2.75, 3.05) is 6.54 Å². The highest BCUT2D eigenvalue weighted by atomic mass is 16.2. The number of aliphatic hydroxyl groups excluding tert-OH is 1. The fraction of sp³-hybridized carbons (Fsp3) is 0.333. The Labute approximate surface area is 30.9 Å². The Morgan fingerprint density at radius 1 is 1.80 bits per heavy atom. The second kappa shape index (κ2) is 3.50. The summed E-state index contributed by atoms with van der Waals surface area (Å²) in [6.07, 6.45) is 2.22. The summed E-state index contributed by atoms with van der Waals surface area (Å²) in [5, 5.41) is 7.77. The summed E-state index contributed by atoms with van der Waals surface area (Å²) < 4.78 is 0. The highest BCUT2D eigenvalue weighted by molar-refractivity contribution is 4.70. The van der Waals surface area contributed by atoms with Crippen LogP contribution >= 0.6 is 0 Å². The minimum absolute atomic E-state index is 0.163. The van der Waals surface area contributed by atoms with Gasteiger partial charge in [0, 0.05) is 6.54 Å². The van der Waals surface area contributed by atoms with Gasteiger partial charge in [-0.15, -0.1) is 0 Å². The summed E-state index contributed by atoms with van der Waals surface area (Å²) in [6.45, 7) is 0.163. The van der Waals surface area contributed by atoms with Crippen LogP contribution in [-0.4, -0.2) is 11.7 Å². The van der Waals surface area contributed by atoms with Gasteiger partial charge < -0.3 is 5.11 Å². The van der Waals surface area contributed by atoms with Crippen molar-refractivity contribution in [3.05, 3.63) is 12.3 Å². The average molecular weight is 72.1 g/mol. The largest absolute Gasteiger partial charge is 0.516 e. The molecular formula is C3H6NO. The topological polar surface area (TPSA) is 44.0 Å². The monoisotopic (exact) mass is 72.0 g/mol. The highest BCUT2D eigenvalue weighted by Gasteiger charge is 1.54. The van der Waals surface area contributed by atoms with Crippen molar-refractivity contribution in [2.45, 2.75) is 0 Å². The third-order valence-electron chi connectivity index (χ3n) is 0.223. The molecule has 5 heavy (non-hydrogen) atoms. The average Bonchev–Trinajstić information content (AvgIpc) is 1.41. The van der Waals surface area contributed by atoms with Gasteiger partial charge in [0.05, 0.1) is 6.26 Å². The highest BCUT2D eigenvalue weighted by Crippen LogP contribution is 1.55. The summed E-state index contributed by atoms with van der Waals surface area (Å²) in [6, 6.07) is 0. The second-order valence-corrected chi connectivity index (χ2v) is 0.589. The lowest BCUT2D eigenvalue weighted by atomic mass is 10.6. The van der Waals surface area contributed by atoms with E-state index in [1.807, 2.05) is 0 Å². The predicted molar refractivity (Wildman–Crippen MR) is 19.7 cm³/mol. The quantitative estimate of drug-likeness (QED) is 0.446. The molecule has 1 radical (unpaired) electrons. The zero-order chi connectivity index (χ0) is 4.12. The number of hydrogen-bond donors (Lipinski definition) is 1. The van der Waals surface area contributed by atoms with Crippen LogP contribution in [0.1, 0.15) is 0 Å². The van der Waals surface area contributed by atoms with Gasteiger partial charge in [0.1, 0.15) is 0 Å². The maximum Gasteiger partial charge on any atom is 0.0765 e. The Morgan fingerprint density at radius 2 is 2.40 bits per heavy atom. The predicted octanol–water partition coefficient (Wildman–Crippen LogP) is 0.341. The van der Waals surface area contributed by atoms with Crippen molar-refractivity contribution < 1.29 is 5.11 Å². The molecule has 0 atom stereocenters. The van der Waals surface area contributed by atoms with Crippen LogP contribution in [0.2, 0.25) is 0 Å². The molecule has 0 aromatic heterocycles. The van der Waals surface area contributed by atoms with Crippen molar-refractivity contribution >= 4 is 0 Å². The molecule has 2 N–H and O–H groups in total. The number of nitrogens with one attached hydrogen (secondary N) is 1. The van der Waals surface area contributed by atoms with E-state index in [4.69, 9.17) is 10.8 Å². The number of rotatable bonds is 1. The molecule has 0 spiro atoms. The summed E-state index contributed by atoms with van der Waals surface area (Å²) >= 11 is 0. The fourth-order valence-electron chi connectivity index (χ4n) is 0.0527. The van der Waals surface area contributed by atoms with Crippen LogP contribution < -0.4 is 5.73 Å². The SMILES string of the molecule is [NH]CC=CO. The van der Waals surface area contributed by atoms with Crippen molar-refractivity contribution in [1.82, 2.24) is 5.73 Å². The molecule has 0 bridgehead atoms. The lowest BCUT2D eigenvalue weighted by molar-refractivity contribution is 0.472. The van der Waals surface area contributed by atoms with Gasteiger partial charge in [-0.1, -0.05) is 0 Å². The van der Waals surface area contributed by atoms with Gasteiger partial charge >= 0.3 is 0 Å². The molecule has 0 aliphatic rings. The molecule has 29 valence electrons. The number of hydrogen-bond acceptors (Lipinski definition) is 1. The zero-order valence-corrected chi connectivity index (χ0v) is 2.81. The molecule has 0 aromatic carbocycles. The maximum absolute atomic E-state index is 7.77. The first kappa shape index (κ1) is 4.50. The van der Waals surface area contributed by atoms with Crippen LogP contribution in [0.15, 0.2) is 12.3 Å². The van der Waals surface area contributed by atoms with E-state index in [1.165, 1.54) is 6.08 Å². The molecule has 2 nitrogen and oxygen atoms in total. The normalized spacial score (nSPS) is 9.80. The maximum atomic E-state index is 7.77. The standard InChI is InChI=1S/C3H6NO/c4-2-1-3-5/h1,3-5H,2H2. The van der Waals surface area contributed by atoms with E-state index in [9.17, 15) is 0 Å². The van der Waals surface area contributed by atoms with E-state index in [0.717, 1.165) is 6.26 Å². The van der Waals surface area contributed by atoms with E-state index in [1.54, 1.807) is 0 Å². The van der Waals surface area contributed by atoms with E-state index < -0.39 is 0 Å². The van der Waals surface area contributed by atoms with Crippen molar-refractivity contribution in [2.24, 2.45) is 0 Å². The molecule has 0 aromatic rings. The smallest absolute Gasteiger partial charge is 0.0765 e. The zero-order valence-electron chi connectivity index (χ0n) is 2.81. The third kappa shape index (κ3) is 3.50. The molecule has 2 heteroatoms. The molecule has 0 saturated carbocycles. The molecule has 0 fully saturated rings. The van der Waals surface area contributed by atoms with E-state index in [0.29, 0.717) is 0 Å². The summed E-state index contributed by atoms with van der Waals surface area (Å²) in [5.41, 5.74) is 6.36. The van der Waals surface area contributed by atoms with E-state index in [-0.39, 0.29) is 6.54 Å². The Kier molecular flexibility index (Phi) is 3.15. The van der Waals surface area contributed by atoms with Crippen molar-refractivity contribution in [3.8, 4) is 0 Å². The lowest BCUT2D eigenvalue weighted by Gasteiger charge is -1.65. The molecule has 0 aliphatic heterocycles. The Hall–Kier alpha value is -0.500. The van der Waals surface area contributed by atoms with Crippen molar-refractivity contribution in [1.29, 1.82) is 0 Å². The lowest BCUT2D eigenvalue weighted by Crippen LogP contribution is -1.71. The van der Waals surface area contributed by atoms with Gasteiger partial charge in [-0.25, -0.2) is 0 Å². The molecule has 0 saturated heterocycles. The summed E-state index contributed by atoms with van der Waals surface area (Å²) in [7, 11) is 0. The van der Waals surface area contributed by atoms with Gasteiger partial charge in [-0.2, -0.15) is 0 Å². The molecule has 0 aliphatic carbocycles. The van der Waals surface area contributed by atoms with Crippen LogP contribution in [0.3, 0.4) is 0 Å². The van der Waals surface area contributed by atoms with Crippen molar-refractivity contribution in [3.63, 3.8) is 0 Å². The number of aliphatic hydroxyl groups is 1. The third-order valence-corrected chi connectivity index (χ3v) is 0.223. The molecule has 0 rings (SSSR count). The molecular weight excluding hydrogens is 66.0 g/mol. The Balaban J connectivity index is 2.62. The first-order valence-electron chi connectivity index (χ1n) is 1.35. The van der Waals surface area contributed by atoms with Gasteiger partial charge in [0.25, 0.3) is 0 Å². The first-order chi connectivity index (χ1) is 2.41. The summed E-state index contributed by atoms with van der Waals surface area (Å²) in [4.78, 5) is 0. The van der Waals surface area contributed by atoms with Gasteiger partial charge in [0.15, 0.2) is 0 Å². The van der Waals surface area contributed by atoms with Gasteiger partial charge in [0.2, 0.25) is 0 Å².